The van der Waals surface area contributed by atoms with Gasteiger partial charge in [0.25, 0.3) is 0 Å². The molecule has 0 fully saturated rings. The third kappa shape index (κ3) is 5.83. The van der Waals surface area contributed by atoms with Gasteiger partial charge in [0, 0.05) is 17.7 Å². The lowest BCUT2D eigenvalue weighted by Gasteiger charge is -2.20. The van der Waals surface area contributed by atoms with E-state index in [0.717, 1.165) is 36.1 Å². The fourth-order valence-electron chi connectivity index (χ4n) is 2.61. The van der Waals surface area contributed by atoms with Crippen molar-refractivity contribution in [2.45, 2.75) is 38.8 Å². The van der Waals surface area contributed by atoms with Crippen molar-refractivity contribution in [2.75, 3.05) is 14.2 Å². The molecule has 1 atom stereocenters. The predicted molar refractivity (Wildman–Crippen MR) is 104 cm³/mol. The quantitative estimate of drug-likeness (QED) is 0.687. The Morgan fingerprint density at radius 1 is 0.960 bits per heavy atom. The minimum atomic E-state index is -0.0875. The molecule has 0 spiro atoms. The lowest BCUT2D eigenvalue weighted by Crippen LogP contribution is -2.13. The van der Waals surface area contributed by atoms with Crippen LogP contribution < -0.4 is 19.9 Å². The summed E-state index contributed by atoms with van der Waals surface area (Å²) in [6.45, 7) is 2.65. The number of hydrogen-bond acceptors (Lipinski definition) is 4. The molecular formula is C20H28ClNO3. The Balaban J connectivity index is 0.00000312. The summed E-state index contributed by atoms with van der Waals surface area (Å²) in [4.78, 5) is 0. The van der Waals surface area contributed by atoms with Crippen LogP contribution in [-0.4, -0.2) is 14.2 Å². The minimum Gasteiger partial charge on any atom is -0.493 e. The highest BCUT2D eigenvalue weighted by Gasteiger charge is 2.17. The van der Waals surface area contributed by atoms with Gasteiger partial charge in [-0.3, -0.25) is 0 Å². The van der Waals surface area contributed by atoms with Gasteiger partial charge in [0.2, 0.25) is 0 Å². The van der Waals surface area contributed by atoms with Gasteiger partial charge in [0.1, 0.15) is 12.4 Å². The normalized spacial score (nSPS) is 11.4. The van der Waals surface area contributed by atoms with Gasteiger partial charge in [-0.05, 0) is 18.1 Å². The van der Waals surface area contributed by atoms with Crippen molar-refractivity contribution in [3.8, 4) is 17.2 Å². The van der Waals surface area contributed by atoms with Crippen LogP contribution in [0.25, 0.3) is 0 Å². The Bertz CT molecular complexity index is 634. The van der Waals surface area contributed by atoms with Crippen LogP contribution >= 0.6 is 12.4 Å². The van der Waals surface area contributed by atoms with E-state index in [1.54, 1.807) is 14.2 Å². The van der Waals surface area contributed by atoms with Crippen molar-refractivity contribution < 1.29 is 14.2 Å². The second kappa shape index (κ2) is 10.9. The molecule has 0 aliphatic heterocycles. The Morgan fingerprint density at radius 2 is 1.60 bits per heavy atom. The molecule has 5 heteroatoms. The van der Waals surface area contributed by atoms with Gasteiger partial charge in [-0.25, -0.2) is 0 Å². The van der Waals surface area contributed by atoms with Crippen molar-refractivity contribution in [3.05, 3.63) is 53.6 Å². The maximum Gasteiger partial charge on any atom is 0.164 e. The molecule has 0 bridgehead atoms. The Hall–Kier alpha value is -1.91. The molecule has 0 aliphatic carbocycles. The van der Waals surface area contributed by atoms with Crippen LogP contribution in [-0.2, 0) is 6.61 Å². The topological polar surface area (TPSA) is 53.7 Å². The van der Waals surface area contributed by atoms with Crippen LogP contribution in [0.1, 0.15) is 43.4 Å². The Labute approximate surface area is 156 Å². The van der Waals surface area contributed by atoms with E-state index in [-0.39, 0.29) is 18.4 Å². The smallest absolute Gasteiger partial charge is 0.164 e. The van der Waals surface area contributed by atoms with Crippen molar-refractivity contribution in [1.82, 2.24) is 0 Å². The van der Waals surface area contributed by atoms with Crippen LogP contribution in [0.4, 0.5) is 0 Å². The van der Waals surface area contributed by atoms with E-state index >= 15 is 0 Å². The molecule has 0 unspecified atom stereocenters. The van der Waals surface area contributed by atoms with E-state index < -0.39 is 0 Å². The van der Waals surface area contributed by atoms with Gasteiger partial charge in [-0.15, -0.1) is 12.4 Å². The number of benzene rings is 2. The monoisotopic (exact) mass is 365 g/mol. The van der Waals surface area contributed by atoms with E-state index in [1.165, 1.54) is 0 Å². The standard InChI is InChI=1S/C20H27NO3.ClH/c1-4-5-11-17(21)16-12-19(22-2)20(23-3)13-18(16)24-14-15-9-7-6-8-10-15;/h6-10,12-13,17H,4-5,11,14,21H2,1-3H3;1H/t17-;/m0./s1. The number of methoxy groups -OCH3 is 2. The molecular weight excluding hydrogens is 338 g/mol. The first kappa shape index (κ1) is 21.1. The predicted octanol–water partition coefficient (Wildman–Crippen LogP) is 4.89. The SMILES string of the molecule is CCCC[C@H](N)c1cc(OC)c(OC)cc1OCc1ccccc1.Cl. The van der Waals surface area contributed by atoms with Crippen LogP contribution in [0.3, 0.4) is 0 Å². The number of hydrogen-bond donors (Lipinski definition) is 1. The van der Waals surface area contributed by atoms with E-state index in [0.29, 0.717) is 18.1 Å². The maximum atomic E-state index is 6.39. The molecule has 2 rings (SSSR count). The molecule has 2 aromatic carbocycles. The summed E-state index contributed by atoms with van der Waals surface area (Å²) < 4.78 is 16.9. The number of ether oxygens (including phenoxy) is 3. The Morgan fingerprint density at radius 3 is 2.20 bits per heavy atom. The molecule has 2 N–H and O–H groups in total. The summed E-state index contributed by atoms with van der Waals surface area (Å²) >= 11 is 0. The summed E-state index contributed by atoms with van der Waals surface area (Å²) in [5.74, 6) is 2.07. The molecule has 0 aliphatic rings. The van der Waals surface area contributed by atoms with E-state index in [9.17, 15) is 0 Å². The second-order valence-electron chi connectivity index (χ2n) is 5.77. The highest BCUT2D eigenvalue weighted by molar-refractivity contribution is 5.85. The molecule has 0 radical (unpaired) electrons. The lowest BCUT2D eigenvalue weighted by molar-refractivity contribution is 0.294. The van der Waals surface area contributed by atoms with E-state index in [2.05, 4.69) is 6.92 Å². The molecule has 0 saturated carbocycles. The average Bonchev–Trinajstić information content (AvgIpc) is 2.64. The Kier molecular flexibility index (Phi) is 9.17. The van der Waals surface area contributed by atoms with Crippen molar-refractivity contribution in [2.24, 2.45) is 5.73 Å². The zero-order valence-corrected chi connectivity index (χ0v) is 16.0. The van der Waals surface area contributed by atoms with Crippen molar-refractivity contribution in [3.63, 3.8) is 0 Å². The minimum absolute atomic E-state index is 0. The molecule has 138 valence electrons. The summed E-state index contributed by atoms with van der Waals surface area (Å²) in [6.07, 6.45) is 3.10. The van der Waals surface area contributed by atoms with Gasteiger partial charge in [0.15, 0.2) is 11.5 Å². The number of unbranched alkanes of at least 4 members (excludes halogenated alkanes) is 1. The third-order valence-electron chi connectivity index (χ3n) is 4.02. The number of rotatable bonds is 9. The van der Waals surface area contributed by atoms with Gasteiger partial charge in [0.05, 0.1) is 14.2 Å². The van der Waals surface area contributed by atoms with Crippen LogP contribution in [0.5, 0.6) is 17.2 Å². The summed E-state index contributed by atoms with van der Waals surface area (Å²) in [6, 6.07) is 13.8. The van der Waals surface area contributed by atoms with E-state index in [1.807, 2.05) is 42.5 Å². The fourth-order valence-corrected chi connectivity index (χ4v) is 2.61. The van der Waals surface area contributed by atoms with Crippen LogP contribution in [0, 0.1) is 0 Å². The highest BCUT2D eigenvalue weighted by Crippen LogP contribution is 2.38. The first-order valence-corrected chi connectivity index (χ1v) is 8.37. The summed E-state index contributed by atoms with van der Waals surface area (Å²) in [5.41, 5.74) is 8.46. The van der Waals surface area contributed by atoms with Gasteiger partial charge in [-0.1, -0.05) is 50.1 Å². The number of halogens is 1. The largest absolute Gasteiger partial charge is 0.493 e. The molecule has 0 amide bonds. The lowest BCUT2D eigenvalue weighted by atomic mass is 10.0. The molecule has 0 saturated heterocycles. The zero-order chi connectivity index (χ0) is 17.4. The highest BCUT2D eigenvalue weighted by atomic mass is 35.5. The average molecular weight is 366 g/mol. The van der Waals surface area contributed by atoms with Crippen LogP contribution in [0.15, 0.2) is 42.5 Å². The van der Waals surface area contributed by atoms with Crippen LogP contribution in [0.2, 0.25) is 0 Å². The summed E-state index contributed by atoms with van der Waals surface area (Å²) in [5, 5.41) is 0. The maximum absolute atomic E-state index is 6.39. The van der Waals surface area contributed by atoms with Gasteiger partial charge >= 0.3 is 0 Å². The molecule has 25 heavy (non-hydrogen) atoms. The fraction of sp³-hybridized carbons (Fsp3) is 0.400. The second-order valence-corrected chi connectivity index (χ2v) is 5.77. The third-order valence-corrected chi connectivity index (χ3v) is 4.02. The number of nitrogens with two attached hydrogens (primary N) is 1. The summed E-state index contributed by atoms with van der Waals surface area (Å²) in [7, 11) is 3.25. The van der Waals surface area contributed by atoms with Crippen molar-refractivity contribution in [1.29, 1.82) is 0 Å². The van der Waals surface area contributed by atoms with Crippen molar-refractivity contribution >= 4 is 12.4 Å². The first-order chi connectivity index (χ1) is 11.7. The zero-order valence-electron chi connectivity index (χ0n) is 15.2. The molecule has 0 aromatic heterocycles. The first-order valence-electron chi connectivity index (χ1n) is 8.37. The van der Waals surface area contributed by atoms with E-state index in [4.69, 9.17) is 19.9 Å². The molecule has 2 aromatic rings. The molecule has 4 nitrogen and oxygen atoms in total. The van der Waals surface area contributed by atoms with Gasteiger partial charge in [-0.2, -0.15) is 0 Å². The molecule has 0 heterocycles. The van der Waals surface area contributed by atoms with Gasteiger partial charge < -0.3 is 19.9 Å².